The smallest absolute Gasteiger partial charge is 0.488 e. The third-order valence-corrected chi connectivity index (χ3v) is 3.21. The lowest BCUT2D eigenvalue weighted by molar-refractivity contribution is -0.275. The number of rotatable bonds is 6. The molecule has 2 aromatic carbocycles. The minimum atomic E-state index is -4.77. The number of nitrogens with two attached hydrogens (primary N) is 1. The van der Waals surface area contributed by atoms with Gasteiger partial charge in [-0.15, -0.1) is 13.2 Å². The highest BCUT2D eigenvalue weighted by Crippen LogP contribution is 2.36. The van der Waals surface area contributed by atoms with Crippen LogP contribution in [0, 0.1) is 0 Å². The molecule has 0 aromatic heterocycles. The Bertz CT molecular complexity index is 657. The second-order valence-corrected chi connectivity index (χ2v) is 4.90. The standard InChI is InChI=1S/C17H18F3NO2/c1-2-12-4-3-5-13(10-12)14-6-7-15(23-17(18,19)20)16(11-14)22-9-8-21/h3-7,10-11H,2,8-9,21H2,1H3. The third kappa shape index (κ3) is 4.89. The number of hydrogen-bond donors (Lipinski definition) is 1. The molecule has 0 aliphatic carbocycles. The first kappa shape index (κ1) is 17.1. The molecule has 0 amide bonds. The Kier molecular flexibility index (Phi) is 5.50. The summed E-state index contributed by atoms with van der Waals surface area (Å²) in [5.74, 6) is -0.353. The van der Waals surface area contributed by atoms with E-state index >= 15 is 0 Å². The molecule has 0 aliphatic rings. The van der Waals surface area contributed by atoms with Crippen molar-refractivity contribution in [2.45, 2.75) is 19.7 Å². The van der Waals surface area contributed by atoms with E-state index in [0.29, 0.717) is 0 Å². The van der Waals surface area contributed by atoms with Gasteiger partial charge in [-0.05, 0) is 35.2 Å². The zero-order valence-corrected chi connectivity index (χ0v) is 12.7. The van der Waals surface area contributed by atoms with Gasteiger partial charge in [0.05, 0.1) is 0 Å². The number of benzene rings is 2. The highest BCUT2D eigenvalue weighted by atomic mass is 19.4. The van der Waals surface area contributed by atoms with E-state index < -0.39 is 6.36 Å². The van der Waals surface area contributed by atoms with E-state index in [9.17, 15) is 13.2 Å². The normalized spacial score (nSPS) is 11.3. The van der Waals surface area contributed by atoms with Crippen LogP contribution >= 0.6 is 0 Å². The Labute approximate surface area is 132 Å². The lowest BCUT2D eigenvalue weighted by Crippen LogP contribution is -2.18. The van der Waals surface area contributed by atoms with Gasteiger partial charge in [0.25, 0.3) is 0 Å². The molecule has 0 spiro atoms. The van der Waals surface area contributed by atoms with E-state index in [4.69, 9.17) is 10.5 Å². The molecule has 23 heavy (non-hydrogen) atoms. The van der Waals surface area contributed by atoms with Crippen LogP contribution in [-0.2, 0) is 6.42 Å². The van der Waals surface area contributed by atoms with Gasteiger partial charge < -0.3 is 15.2 Å². The molecule has 0 bridgehead atoms. The van der Waals surface area contributed by atoms with Gasteiger partial charge in [0, 0.05) is 6.54 Å². The first-order chi connectivity index (χ1) is 10.9. The van der Waals surface area contributed by atoms with Gasteiger partial charge in [-0.3, -0.25) is 0 Å². The highest BCUT2D eigenvalue weighted by Gasteiger charge is 2.32. The average Bonchev–Trinajstić information content (AvgIpc) is 2.52. The molecule has 2 N–H and O–H groups in total. The molecule has 3 nitrogen and oxygen atoms in total. The van der Waals surface area contributed by atoms with Crippen LogP contribution in [0.4, 0.5) is 13.2 Å². The summed E-state index contributed by atoms with van der Waals surface area (Å²) in [4.78, 5) is 0. The fraction of sp³-hybridized carbons (Fsp3) is 0.294. The van der Waals surface area contributed by atoms with E-state index in [1.807, 2.05) is 31.2 Å². The summed E-state index contributed by atoms with van der Waals surface area (Å²) >= 11 is 0. The Morgan fingerprint density at radius 2 is 1.74 bits per heavy atom. The van der Waals surface area contributed by atoms with Gasteiger partial charge in [0.15, 0.2) is 11.5 Å². The fourth-order valence-corrected chi connectivity index (χ4v) is 2.15. The number of alkyl halides is 3. The molecular formula is C17H18F3NO2. The van der Waals surface area contributed by atoms with Crippen molar-refractivity contribution < 1.29 is 22.6 Å². The predicted molar refractivity (Wildman–Crippen MR) is 82.5 cm³/mol. The van der Waals surface area contributed by atoms with Crippen molar-refractivity contribution >= 4 is 0 Å². The second kappa shape index (κ2) is 7.37. The molecule has 6 heteroatoms. The SMILES string of the molecule is CCc1cccc(-c2ccc(OC(F)(F)F)c(OCCN)c2)c1. The van der Waals surface area contributed by atoms with Gasteiger partial charge >= 0.3 is 6.36 Å². The second-order valence-electron chi connectivity index (χ2n) is 4.90. The first-order valence-corrected chi connectivity index (χ1v) is 7.25. The van der Waals surface area contributed by atoms with E-state index in [1.165, 1.54) is 12.1 Å². The van der Waals surface area contributed by atoms with Crippen molar-refractivity contribution in [3.63, 3.8) is 0 Å². The van der Waals surface area contributed by atoms with Crippen molar-refractivity contribution in [1.29, 1.82) is 0 Å². The molecule has 0 fully saturated rings. The molecule has 0 radical (unpaired) electrons. The Morgan fingerprint density at radius 1 is 1.00 bits per heavy atom. The predicted octanol–water partition coefficient (Wildman–Crippen LogP) is 4.15. The minimum absolute atomic E-state index is 0.0205. The molecule has 0 saturated carbocycles. The highest BCUT2D eigenvalue weighted by molar-refractivity contribution is 5.67. The van der Waals surface area contributed by atoms with Gasteiger partial charge in [-0.25, -0.2) is 0 Å². The topological polar surface area (TPSA) is 44.5 Å². The van der Waals surface area contributed by atoms with Crippen molar-refractivity contribution in [1.82, 2.24) is 0 Å². The Hall–Kier alpha value is -2.21. The molecule has 124 valence electrons. The molecule has 0 saturated heterocycles. The number of halogens is 3. The lowest BCUT2D eigenvalue weighted by Gasteiger charge is -2.15. The molecule has 0 unspecified atom stereocenters. The van der Waals surface area contributed by atoms with Gasteiger partial charge in [0.2, 0.25) is 0 Å². The summed E-state index contributed by atoms with van der Waals surface area (Å²) in [6, 6.07) is 12.2. The molecule has 2 rings (SSSR count). The largest absolute Gasteiger partial charge is 0.573 e. The Morgan fingerprint density at radius 3 is 2.39 bits per heavy atom. The van der Waals surface area contributed by atoms with Crippen LogP contribution < -0.4 is 15.2 Å². The third-order valence-electron chi connectivity index (χ3n) is 3.21. The summed E-state index contributed by atoms with van der Waals surface area (Å²) in [7, 11) is 0. The van der Waals surface area contributed by atoms with Gasteiger partial charge in [-0.2, -0.15) is 0 Å². The van der Waals surface area contributed by atoms with E-state index in [0.717, 1.165) is 23.1 Å². The summed E-state index contributed by atoms with van der Waals surface area (Å²) in [6.45, 7) is 2.34. The molecule has 0 heterocycles. The van der Waals surface area contributed by atoms with Crippen LogP contribution in [0.5, 0.6) is 11.5 Å². The van der Waals surface area contributed by atoms with Crippen LogP contribution in [-0.4, -0.2) is 19.5 Å². The van der Waals surface area contributed by atoms with Gasteiger partial charge in [-0.1, -0.05) is 37.3 Å². The van der Waals surface area contributed by atoms with E-state index in [-0.39, 0.29) is 24.7 Å². The van der Waals surface area contributed by atoms with Crippen LogP contribution in [0.25, 0.3) is 11.1 Å². The number of aryl methyl sites for hydroxylation is 1. The minimum Gasteiger partial charge on any atom is -0.488 e. The first-order valence-electron chi connectivity index (χ1n) is 7.25. The van der Waals surface area contributed by atoms with Crippen molar-refractivity contribution in [3.05, 3.63) is 48.0 Å². The van der Waals surface area contributed by atoms with Gasteiger partial charge in [0.1, 0.15) is 6.61 Å². The lowest BCUT2D eigenvalue weighted by atomic mass is 10.0. The van der Waals surface area contributed by atoms with Crippen LogP contribution in [0.3, 0.4) is 0 Å². The summed E-state index contributed by atoms with van der Waals surface area (Å²) in [6.07, 6.45) is -3.90. The van der Waals surface area contributed by atoms with Crippen LogP contribution in [0.1, 0.15) is 12.5 Å². The fourth-order valence-electron chi connectivity index (χ4n) is 2.15. The average molecular weight is 325 g/mol. The zero-order valence-electron chi connectivity index (χ0n) is 12.7. The quantitative estimate of drug-likeness (QED) is 0.867. The summed E-state index contributed by atoms with van der Waals surface area (Å²) in [5.41, 5.74) is 8.15. The molecule has 0 atom stereocenters. The summed E-state index contributed by atoms with van der Waals surface area (Å²) in [5, 5.41) is 0. The maximum atomic E-state index is 12.5. The van der Waals surface area contributed by atoms with E-state index in [2.05, 4.69) is 4.74 Å². The molecule has 2 aromatic rings. The molecular weight excluding hydrogens is 307 g/mol. The zero-order chi connectivity index (χ0) is 16.9. The van der Waals surface area contributed by atoms with Crippen LogP contribution in [0.15, 0.2) is 42.5 Å². The summed E-state index contributed by atoms with van der Waals surface area (Å²) < 4.78 is 46.7. The maximum Gasteiger partial charge on any atom is 0.573 e. The van der Waals surface area contributed by atoms with Crippen molar-refractivity contribution in [2.75, 3.05) is 13.2 Å². The monoisotopic (exact) mass is 325 g/mol. The van der Waals surface area contributed by atoms with Crippen molar-refractivity contribution in [2.24, 2.45) is 5.73 Å². The van der Waals surface area contributed by atoms with E-state index in [1.54, 1.807) is 6.07 Å². The Balaban J connectivity index is 2.38. The number of hydrogen-bond acceptors (Lipinski definition) is 3. The maximum absolute atomic E-state index is 12.5. The van der Waals surface area contributed by atoms with Crippen LogP contribution in [0.2, 0.25) is 0 Å². The molecule has 0 aliphatic heterocycles. The van der Waals surface area contributed by atoms with Crippen molar-refractivity contribution in [3.8, 4) is 22.6 Å². The number of ether oxygens (including phenoxy) is 2.